The first kappa shape index (κ1) is 11.4. The summed E-state index contributed by atoms with van der Waals surface area (Å²) in [5.74, 6) is -0.0517. The molecular weight excluding hydrogens is 228 g/mol. The topological polar surface area (TPSA) is 67.3 Å². The van der Waals surface area contributed by atoms with Crippen LogP contribution in [0.2, 0.25) is 0 Å². The largest absolute Gasteiger partial charge is 0.374 e. The standard InChI is InChI=1S/C9H14N4O2S/c1-13(6-7-4-10-2-3-15-7)9(14)8-5-11-12-16-8/h5,7,10H,2-4,6H2,1H3. The van der Waals surface area contributed by atoms with Gasteiger partial charge in [0.2, 0.25) is 0 Å². The van der Waals surface area contributed by atoms with Crippen molar-refractivity contribution in [2.24, 2.45) is 0 Å². The normalized spacial score (nSPS) is 20.7. The molecule has 0 saturated carbocycles. The summed E-state index contributed by atoms with van der Waals surface area (Å²) < 4.78 is 9.20. The van der Waals surface area contributed by atoms with Gasteiger partial charge in [-0.05, 0) is 11.5 Å². The number of nitrogens with zero attached hydrogens (tertiary/aromatic N) is 3. The molecule has 1 saturated heterocycles. The first-order valence-corrected chi connectivity index (χ1v) is 5.90. The van der Waals surface area contributed by atoms with Crippen molar-refractivity contribution in [1.29, 1.82) is 0 Å². The van der Waals surface area contributed by atoms with Gasteiger partial charge in [-0.25, -0.2) is 0 Å². The van der Waals surface area contributed by atoms with Crippen LogP contribution in [0.25, 0.3) is 0 Å². The number of ether oxygens (including phenoxy) is 1. The van der Waals surface area contributed by atoms with E-state index in [0.29, 0.717) is 18.0 Å². The fourth-order valence-corrected chi connectivity index (χ4v) is 2.09. The molecule has 6 nitrogen and oxygen atoms in total. The second kappa shape index (κ2) is 5.33. The Bertz CT molecular complexity index is 337. The van der Waals surface area contributed by atoms with Crippen LogP contribution < -0.4 is 5.32 Å². The van der Waals surface area contributed by atoms with E-state index < -0.39 is 0 Å². The number of aromatic nitrogens is 2. The first-order valence-electron chi connectivity index (χ1n) is 5.12. The Balaban J connectivity index is 1.87. The molecule has 16 heavy (non-hydrogen) atoms. The number of hydrogen-bond acceptors (Lipinski definition) is 6. The van der Waals surface area contributed by atoms with Gasteiger partial charge >= 0.3 is 0 Å². The lowest BCUT2D eigenvalue weighted by molar-refractivity contribution is 0.0105. The third kappa shape index (κ3) is 2.75. The summed E-state index contributed by atoms with van der Waals surface area (Å²) in [6, 6.07) is 0. The predicted molar refractivity (Wildman–Crippen MR) is 59.5 cm³/mol. The lowest BCUT2D eigenvalue weighted by atomic mass is 10.3. The minimum atomic E-state index is -0.0517. The number of rotatable bonds is 3. The molecule has 0 spiro atoms. The van der Waals surface area contributed by atoms with Crippen molar-refractivity contribution in [3.05, 3.63) is 11.1 Å². The molecule has 88 valence electrons. The van der Waals surface area contributed by atoms with Gasteiger partial charge in [0, 0.05) is 26.7 Å². The van der Waals surface area contributed by atoms with Crippen LogP contribution in [-0.4, -0.2) is 59.8 Å². The molecule has 2 heterocycles. The second-order valence-corrected chi connectivity index (χ2v) is 4.45. The molecule has 1 atom stereocenters. The molecule has 1 aromatic rings. The van der Waals surface area contributed by atoms with Gasteiger partial charge in [0.1, 0.15) is 4.88 Å². The summed E-state index contributed by atoms with van der Waals surface area (Å²) in [7, 11) is 1.76. The van der Waals surface area contributed by atoms with Crippen molar-refractivity contribution >= 4 is 17.4 Å². The number of morpholine rings is 1. The van der Waals surface area contributed by atoms with Crippen LogP contribution in [0.15, 0.2) is 6.20 Å². The first-order chi connectivity index (χ1) is 7.77. The summed E-state index contributed by atoms with van der Waals surface area (Å²) in [5.41, 5.74) is 0. The Labute approximate surface area is 97.8 Å². The van der Waals surface area contributed by atoms with Crippen LogP contribution in [-0.2, 0) is 4.74 Å². The van der Waals surface area contributed by atoms with Crippen LogP contribution in [0, 0.1) is 0 Å². The summed E-state index contributed by atoms with van der Waals surface area (Å²) in [4.78, 5) is 14.1. The Morgan fingerprint density at radius 2 is 2.69 bits per heavy atom. The van der Waals surface area contributed by atoms with Crippen molar-refractivity contribution in [1.82, 2.24) is 19.8 Å². The van der Waals surface area contributed by atoms with Gasteiger partial charge in [0.25, 0.3) is 5.91 Å². The maximum absolute atomic E-state index is 11.9. The summed E-state index contributed by atoms with van der Waals surface area (Å²) >= 11 is 1.11. The third-order valence-corrected chi connectivity index (χ3v) is 3.05. The van der Waals surface area contributed by atoms with Gasteiger partial charge in [0.15, 0.2) is 0 Å². The molecule has 1 N–H and O–H groups in total. The molecule has 0 aliphatic carbocycles. The molecule has 1 aromatic heterocycles. The zero-order valence-electron chi connectivity index (χ0n) is 9.05. The van der Waals surface area contributed by atoms with E-state index in [2.05, 4.69) is 14.9 Å². The number of likely N-dealkylation sites (N-methyl/N-ethyl adjacent to an activating group) is 1. The SMILES string of the molecule is CN(CC1CNCCO1)C(=O)c1cnns1. The van der Waals surface area contributed by atoms with Gasteiger partial charge in [-0.15, -0.1) is 5.10 Å². The fraction of sp³-hybridized carbons (Fsp3) is 0.667. The minimum Gasteiger partial charge on any atom is -0.374 e. The van der Waals surface area contributed by atoms with Crippen LogP contribution in [0.3, 0.4) is 0 Å². The highest BCUT2D eigenvalue weighted by atomic mass is 32.1. The monoisotopic (exact) mass is 242 g/mol. The molecule has 1 fully saturated rings. The lowest BCUT2D eigenvalue weighted by Gasteiger charge is -2.27. The Morgan fingerprint density at radius 3 is 3.31 bits per heavy atom. The lowest BCUT2D eigenvalue weighted by Crippen LogP contribution is -2.45. The summed E-state index contributed by atoms with van der Waals surface area (Å²) in [5, 5.41) is 6.88. The molecule has 0 bridgehead atoms. The number of hydrogen-bond donors (Lipinski definition) is 1. The molecule has 2 rings (SSSR count). The molecular formula is C9H14N4O2S. The van der Waals surface area contributed by atoms with E-state index in [9.17, 15) is 4.79 Å². The average Bonchev–Trinajstić information content (AvgIpc) is 2.83. The highest BCUT2D eigenvalue weighted by Gasteiger charge is 2.20. The van der Waals surface area contributed by atoms with Crippen molar-refractivity contribution < 1.29 is 9.53 Å². The van der Waals surface area contributed by atoms with Crippen molar-refractivity contribution in [3.8, 4) is 0 Å². The van der Waals surface area contributed by atoms with Crippen LogP contribution in [0.5, 0.6) is 0 Å². The van der Waals surface area contributed by atoms with Gasteiger partial charge < -0.3 is 15.0 Å². The van der Waals surface area contributed by atoms with Gasteiger partial charge in [-0.3, -0.25) is 4.79 Å². The number of carbonyl (C=O) groups excluding carboxylic acids is 1. The second-order valence-electron chi connectivity index (χ2n) is 3.66. The van der Waals surface area contributed by atoms with E-state index in [1.54, 1.807) is 11.9 Å². The highest BCUT2D eigenvalue weighted by Crippen LogP contribution is 2.07. The average molecular weight is 242 g/mol. The molecule has 7 heteroatoms. The molecule has 1 aliphatic heterocycles. The van der Waals surface area contributed by atoms with E-state index in [1.165, 1.54) is 6.20 Å². The van der Waals surface area contributed by atoms with Crippen LogP contribution >= 0.6 is 11.5 Å². The summed E-state index contributed by atoms with van der Waals surface area (Å²) in [6.07, 6.45) is 1.56. The number of carbonyl (C=O) groups is 1. The van der Waals surface area contributed by atoms with Gasteiger partial charge in [-0.2, -0.15) is 0 Å². The van der Waals surface area contributed by atoms with Gasteiger partial charge in [-0.1, -0.05) is 4.49 Å². The highest BCUT2D eigenvalue weighted by molar-refractivity contribution is 7.07. The maximum atomic E-state index is 11.9. The van der Waals surface area contributed by atoms with Crippen molar-refractivity contribution in [3.63, 3.8) is 0 Å². The zero-order valence-corrected chi connectivity index (χ0v) is 9.87. The van der Waals surface area contributed by atoms with Crippen LogP contribution in [0.4, 0.5) is 0 Å². The minimum absolute atomic E-state index is 0.0517. The zero-order chi connectivity index (χ0) is 11.4. The Hall–Kier alpha value is -1.05. The number of nitrogens with one attached hydrogen (secondary N) is 1. The molecule has 1 aliphatic rings. The quantitative estimate of drug-likeness (QED) is 0.781. The molecule has 1 unspecified atom stereocenters. The smallest absolute Gasteiger partial charge is 0.267 e. The third-order valence-electron chi connectivity index (χ3n) is 2.40. The van der Waals surface area contributed by atoms with E-state index in [0.717, 1.165) is 24.6 Å². The number of amides is 1. The summed E-state index contributed by atoms with van der Waals surface area (Å²) in [6.45, 7) is 2.96. The van der Waals surface area contributed by atoms with E-state index in [1.807, 2.05) is 0 Å². The van der Waals surface area contributed by atoms with Crippen LogP contribution in [0.1, 0.15) is 9.67 Å². The fourth-order valence-electron chi connectivity index (χ4n) is 1.57. The van der Waals surface area contributed by atoms with Gasteiger partial charge in [0.05, 0.1) is 18.9 Å². The Morgan fingerprint density at radius 1 is 1.81 bits per heavy atom. The van der Waals surface area contributed by atoms with E-state index in [4.69, 9.17) is 4.74 Å². The molecule has 0 aromatic carbocycles. The predicted octanol–water partition coefficient (Wildman–Crippen LogP) is -0.402. The Kier molecular flexibility index (Phi) is 3.81. The van der Waals surface area contributed by atoms with E-state index in [-0.39, 0.29) is 12.0 Å². The van der Waals surface area contributed by atoms with E-state index >= 15 is 0 Å². The van der Waals surface area contributed by atoms with Crippen molar-refractivity contribution in [2.45, 2.75) is 6.10 Å². The van der Waals surface area contributed by atoms with Crippen molar-refractivity contribution in [2.75, 3.05) is 33.3 Å². The molecule has 1 amide bonds. The molecule has 0 radical (unpaired) electrons. The maximum Gasteiger partial charge on any atom is 0.267 e.